The average molecular weight is 348 g/mol. The number of aromatic nitrogens is 3. The lowest BCUT2D eigenvalue weighted by Gasteiger charge is -2.40. The van der Waals surface area contributed by atoms with Crippen LogP contribution < -0.4 is 11.4 Å². The van der Waals surface area contributed by atoms with Gasteiger partial charge in [0, 0.05) is 7.05 Å². The SMILES string of the molecule is CC(O)C1C(=O)N(C)C(C(C)O)n2c(=O)n(-c3ccccc3)c(=O)n21. The minimum atomic E-state index is -1.25. The second-order valence-corrected chi connectivity index (χ2v) is 6.21. The van der Waals surface area contributed by atoms with Gasteiger partial charge in [0.1, 0.15) is 0 Å². The molecule has 4 unspecified atom stereocenters. The van der Waals surface area contributed by atoms with Crippen molar-refractivity contribution >= 4 is 5.91 Å². The van der Waals surface area contributed by atoms with Crippen LogP contribution in [0.25, 0.3) is 5.69 Å². The van der Waals surface area contributed by atoms with Gasteiger partial charge in [-0.1, -0.05) is 18.2 Å². The molecule has 2 aromatic rings. The van der Waals surface area contributed by atoms with Crippen molar-refractivity contribution in [1.29, 1.82) is 0 Å². The van der Waals surface area contributed by atoms with Gasteiger partial charge in [-0.05, 0) is 26.0 Å². The zero-order valence-corrected chi connectivity index (χ0v) is 14.1. The number of aliphatic hydroxyl groups excluding tert-OH is 2. The second-order valence-electron chi connectivity index (χ2n) is 6.21. The van der Waals surface area contributed by atoms with E-state index >= 15 is 0 Å². The molecule has 0 saturated heterocycles. The highest BCUT2D eigenvalue weighted by atomic mass is 16.3. The van der Waals surface area contributed by atoms with Gasteiger partial charge < -0.3 is 15.1 Å². The van der Waals surface area contributed by atoms with Crippen LogP contribution in [0.5, 0.6) is 0 Å². The molecule has 4 atom stereocenters. The van der Waals surface area contributed by atoms with E-state index in [1.54, 1.807) is 30.3 Å². The molecule has 1 amide bonds. The third kappa shape index (κ3) is 2.43. The van der Waals surface area contributed by atoms with E-state index in [9.17, 15) is 24.6 Å². The summed E-state index contributed by atoms with van der Waals surface area (Å²) >= 11 is 0. The minimum absolute atomic E-state index is 0.343. The minimum Gasteiger partial charge on any atom is -0.391 e. The van der Waals surface area contributed by atoms with Gasteiger partial charge in [-0.3, -0.25) is 4.79 Å². The highest BCUT2D eigenvalue weighted by molar-refractivity contribution is 5.81. The summed E-state index contributed by atoms with van der Waals surface area (Å²) in [5.41, 5.74) is -1.09. The number of nitrogens with zero attached hydrogens (tertiary/aromatic N) is 4. The predicted molar refractivity (Wildman–Crippen MR) is 88.5 cm³/mol. The molecule has 0 aliphatic carbocycles. The molecule has 1 aromatic carbocycles. The van der Waals surface area contributed by atoms with Gasteiger partial charge in [0.15, 0.2) is 12.2 Å². The first-order valence-corrected chi connectivity index (χ1v) is 7.91. The molecule has 0 fully saturated rings. The molecule has 1 aromatic heterocycles. The van der Waals surface area contributed by atoms with E-state index in [1.807, 2.05) is 0 Å². The van der Waals surface area contributed by atoms with Crippen molar-refractivity contribution in [3.05, 3.63) is 51.3 Å². The summed E-state index contributed by atoms with van der Waals surface area (Å²) in [5, 5.41) is 20.1. The maximum Gasteiger partial charge on any atom is 0.353 e. The van der Waals surface area contributed by atoms with Crippen LogP contribution >= 0.6 is 0 Å². The fourth-order valence-electron chi connectivity index (χ4n) is 3.31. The third-order valence-corrected chi connectivity index (χ3v) is 4.42. The van der Waals surface area contributed by atoms with E-state index in [0.717, 1.165) is 13.9 Å². The molecule has 0 bridgehead atoms. The summed E-state index contributed by atoms with van der Waals surface area (Å²) in [5.74, 6) is -0.548. The van der Waals surface area contributed by atoms with Gasteiger partial charge in [-0.2, -0.15) is 0 Å². The molecule has 9 nitrogen and oxygen atoms in total. The molecule has 0 saturated carbocycles. The van der Waals surface area contributed by atoms with Crippen LogP contribution in [0.1, 0.15) is 26.1 Å². The highest BCUT2D eigenvalue weighted by Crippen LogP contribution is 2.26. The number of carbonyl (C=O) groups excluding carboxylic acids is 1. The van der Waals surface area contributed by atoms with Gasteiger partial charge >= 0.3 is 11.4 Å². The van der Waals surface area contributed by atoms with Crippen molar-refractivity contribution in [2.24, 2.45) is 0 Å². The molecular formula is C16H20N4O5. The summed E-state index contributed by atoms with van der Waals surface area (Å²) in [4.78, 5) is 39.7. The van der Waals surface area contributed by atoms with E-state index in [4.69, 9.17) is 0 Å². The maximum absolute atomic E-state index is 12.9. The number of benzene rings is 1. The van der Waals surface area contributed by atoms with Gasteiger partial charge in [-0.25, -0.2) is 23.5 Å². The van der Waals surface area contributed by atoms with Crippen LogP contribution in [0.2, 0.25) is 0 Å². The van der Waals surface area contributed by atoms with Crippen molar-refractivity contribution < 1.29 is 15.0 Å². The van der Waals surface area contributed by atoms with Crippen molar-refractivity contribution in [3.63, 3.8) is 0 Å². The number of hydrogen-bond donors (Lipinski definition) is 2. The van der Waals surface area contributed by atoms with E-state index in [1.165, 1.54) is 25.8 Å². The lowest BCUT2D eigenvalue weighted by molar-refractivity contribution is -0.153. The topological polar surface area (TPSA) is 110 Å². The Balaban J connectivity index is 2.39. The average Bonchev–Trinajstić information content (AvgIpc) is 2.80. The summed E-state index contributed by atoms with van der Waals surface area (Å²) in [6, 6.07) is 7.04. The zero-order chi connectivity index (χ0) is 18.5. The smallest absolute Gasteiger partial charge is 0.353 e. The molecule has 1 aliphatic heterocycles. The Hall–Kier alpha value is -2.65. The Labute approximate surface area is 142 Å². The first-order valence-electron chi connectivity index (χ1n) is 7.91. The summed E-state index contributed by atoms with van der Waals surface area (Å²) in [6.07, 6.45) is -3.34. The second kappa shape index (κ2) is 6.01. The number of likely N-dealkylation sites (N-methyl/N-ethyl adjacent to an activating group) is 1. The maximum atomic E-state index is 12.9. The standard InChI is InChI=1S/C16H20N4O5/c1-9(21)12-14(23)17(3)13(10(2)22)20-16(25)18(15(24)19(12)20)11-7-5-4-6-8-11/h4-10,12-13,21-22H,1-3H3. The van der Waals surface area contributed by atoms with Crippen LogP contribution in [0.3, 0.4) is 0 Å². The molecule has 0 radical (unpaired) electrons. The molecule has 25 heavy (non-hydrogen) atoms. The lowest BCUT2D eigenvalue weighted by Crippen LogP contribution is -2.57. The molecule has 134 valence electrons. The molecule has 3 rings (SSSR count). The van der Waals surface area contributed by atoms with Crippen LogP contribution in [0.15, 0.2) is 39.9 Å². The largest absolute Gasteiger partial charge is 0.391 e. The molecule has 0 spiro atoms. The van der Waals surface area contributed by atoms with E-state index < -0.39 is 41.7 Å². The van der Waals surface area contributed by atoms with E-state index in [-0.39, 0.29) is 0 Å². The molecule has 2 N–H and O–H groups in total. The Morgan fingerprint density at radius 1 is 0.920 bits per heavy atom. The van der Waals surface area contributed by atoms with Crippen molar-refractivity contribution in [2.45, 2.75) is 38.3 Å². The molecule has 9 heteroatoms. The fourth-order valence-corrected chi connectivity index (χ4v) is 3.31. The number of aliphatic hydroxyl groups is 2. The molecule has 2 heterocycles. The number of amides is 1. The number of hydrogen-bond acceptors (Lipinski definition) is 5. The first-order chi connectivity index (χ1) is 11.8. The van der Waals surface area contributed by atoms with Gasteiger partial charge in [-0.15, -0.1) is 0 Å². The predicted octanol–water partition coefficient (Wildman–Crippen LogP) is -0.926. The fraction of sp³-hybridized carbons (Fsp3) is 0.438. The highest BCUT2D eigenvalue weighted by Gasteiger charge is 2.44. The number of rotatable bonds is 3. The van der Waals surface area contributed by atoms with Crippen molar-refractivity contribution in [3.8, 4) is 5.69 Å². The normalized spacial score (nSPS) is 22.6. The third-order valence-electron chi connectivity index (χ3n) is 4.42. The quantitative estimate of drug-likeness (QED) is 0.745. The molecule has 1 aliphatic rings. The van der Waals surface area contributed by atoms with Crippen LogP contribution in [0, 0.1) is 0 Å². The van der Waals surface area contributed by atoms with Crippen molar-refractivity contribution in [1.82, 2.24) is 18.8 Å². The van der Waals surface area contributed by atoms with Gasteiger partial charge in [0.05, 0.1) is 17.9 Å². The summed E-state index contributed by atoms with van der Waals surface area (Å²) in [7, 11) is 1.43. The number of carbonyl (C=O) groups is 1. The molecular weight excluding hydrogens is 328 g/mol. The lowest BCUT2D eigenvalue weighted by atomic mass is 10.1. The van der Waals surface area contributed by atoms with Gasteiger partial charge in [0.2, 0.25) is 0 Å². The Morgan fingerprint density at radius 2 is 1.48 bits per heavy atom. The van der Waals surface area contributed by atoms with Crippen LogP contribution in [0.4, 0.5) is 0 Å². The van der Waals surface area contributed by atoms with Crippen molar-refractivity contribution in [2.75, 3.05) is 7.05 Å². The first kappa shape index (κ1) is 17.2. The summed E-state index contributed by atoms with van der Waals surface area (Å²) < 4.78 is 2.91. The van der Waals surface area contributed by atoms with Crippen LogP contribution in [-0.4, -0.2) is 54.2 Å². The van der Waals surface area contributed by atoms with Gasteiger partial charge in [0.25, 0.3) is 5.91 Å². The van der Waals surface area contributed by atoms with E-state index in [0.29, 0.717) is 5.69 Å². The van der Waals surface area contributed by atoms with Crippen LogP contribution in [-0.2, 0) is 4.79 Å². The number of fused-ring (bicyclic) bond motifs is 1. The Bertz CT molecular complexity index is 909. The Kier molecular flexibility index (Phi) is 4.13. The van der Waals surface area contributed by atoms with E-state index in [2.05, 4.69) is 0 Å². The monoisotopic (exact) mass is 348 g/mol. The Morgan fingerprint density at radius 3 is 2.00 bits per heavy atom. The zero-order valence-electron chi connectivity index (χ0n) is 14.1. The summed E-state index contributed by atoms with van der Waals surface area (Å²) in [6.45, 7) is 2.80. The number of para-hydroxylation sites is 1.